The largest absolute Gasteiger partial charge is 0.460 e. The second-order valence-corrected chi connectivity index (χ2v) is 7.99. The zero-order valence-corrected chi connectivity index (χ0v) is 19.4. The Hall–Kier alpha value is -3.61. The number of aromatic amines is 1. The van der Waals surface area contributed by atoms with E-state index in [9.17, 15) is 32.9 Å². The van der Waals surface area contributed by atoms with E-state index in [0.717, 1.165) is 12.1 Å². The van der Waals surface area contributed by atoms with Crippen molar-refractivity contribution in [3.8, 4) is 0 Å². The number of nitrogens with one attached hydrogen (secondary N) is 1. The van der Waals surface area contributed by atoms with E-state index in [-0.39, 0.29) is 62.2 Å². The van der Waals surface area contributed by atoms with Crippen LogP contribution in [0, 0.1) is 24.0 Å². The fourth-order valence-corrected chi connectivity index (χ4v) is 3.98. The molecule has 0 bridgehead atoms. The standard InChI is InChI=1S/C22H25F3N4O6/c1-13-18(21(31)35-11-10-34-3)14(2)26-19(13)20(30)28-8-6-27(7-9-28)16-5-4-15(22(23,24)25)12-17(16)29(32)33/h4-5,12,26H,6-11H2,1-3H3. The van der Waals surface area contributed by atoms with Gasteiger partial charge in [0, 0.05) is 45.0 Å². The molecule has 0 atom stereocenters. The van der Waals surface area contributed by atoms with Crippen LogP contribution in [0.1, 0.15) is 37.7 Å². The first-order valence-electron chi connectivity index (χ1n) is 10.7. The van der Waals surface area contributed by atoms with Crippen LogP contribution in [-0.4, -0.2) is 73.2 Å². The number of amides is 1. The maximum Gasteiger partial charge on any atom is 0.416 e. The third-order valence-corrected chi connectivity index (χ3v) is 5.78. The van der Waals surface area contributed by atoms with Gasteiger partial charge in [-0.2, -0.15) is 13.2 Å². The van der Waals surface area contributed by atoms with Gasteiger partial charge in [0.25, 0.3) is 11.6 Å². The third-order valence-electron chi connectivity index (χ3n) is 5.78. The summed E-state index contributed by atoms with van der Waals surface area (Å²) in [5.41, 5.74) is -0.271. The molecule has 1 aliphatic rings. The van der Waals surface area contributed by atoms with E-state index in [4.69, 9.17) is 9.47 Å². The monoisotopic (exact) mass is 498 g/mol. The number of methoxy groups -OCH3 is 1. The number of hydrogen-bond donors (Lipinski definition) is 1. The normalized spacial score (nSPS) is 14.2. The summed E-state index contributed by atoms with van der Waals surface area (Å²) in [6, 6.07) is 2.40. The van der Waals surface area contributed by atoms with Crippen LogP contribution in [0.3, 0.4) is 0 Å². The Bertz CT molecular complexity index is 1120. The number of aryl methyl sites for hydroxylation is 1. The van der Waals surface area contributed by atoms with Gasteiger partial charge in [-0.1, -0.05) is 0 Å². The summed E-state index contributed by atoms with van der Waals surface area (Å²) in [5.74, 6) is -0.935. The van der Waals surface area contributed by atoms with Gasteiger partial charge in [0.2, 0.25) is 0 Å². The summed E-state index contributed by atoms with van der Waals surface area (Å²) in [5, 5.41) is 11.4. The molecule has 1 fully saturated rings. The molecule has 10 nitrogen and oxygen atoms in total. The van der Waals surface area contributed by atoms with E-state index in [1.54, 1.807) is 18.7 Å². The molecular weight excluding hydrogens is 473 g/mol. The molecule has 0 radical (unpaired) electrons. The summed E-state index contributed by atoms with van der Waals surface area (Å²) in [4.78, 5) is 42.1. The van der Waals surface area contributed by atoms with E-state index in [1.165, 1.54) is 12.0 Å². The van der Waals surface area contributed by atoms with Crippen LogP contribution in [0.15, 0.2) is 18.2 Å². The second-order valence-electron chi connectivity index (χ2n) is 7.99. The molecule has 0 saturated carbocycles. The Balaban J connectivity index is 1.73. The van der Waals surface area contributed by atoms with Crippen LogP contribution in [0.2, 0.25) is 0 Å². The summed E-state index contributed by atoms with van der Waals surface area (Å²) < 4.78 is 48.9. The van der Waals surface area contributed by atoms with Crippen LogP contribution in [0.4, 0.5) is 24.5 Å². The van der Waals surface area contributed by atoms with Crippen molar-refractivity contribution >= 4 is 23.3 Å². The number of ether oxygens (including phenoxy) is 2. The first-order chi connectivity index (χ1) is 16.5. The number of nitro groups is 1. The molecule has 1 amide bonds. The lowest BCUT2D eigenvalue weighted by molar-refractivity contribution is -0.384. The molecule has 2 aromatic rings. The molecule has 1 aromatic carbocycles. The van der Waals surface area contributed by atoms with Crippen LogP contribution in [0.25, 0.3) is 0 Å². The number of aromatic nitrogens is 1. The quantitative estimate of drug-likeness (QED) is 0.269. The average Bonchev–Trinajstić information content (AvgIpc) is 3.11. The van der Waals surface area contributed by atoms with Gasteiger partial charge in [-0.15, -0.1) is 0 Å². The SMILES string of the molecule is COCCOC(=O)c1c(C)[nH]c(C(=O)N2CCN(c3ccc(C(F)(F)F)cc3[N+](=O)[O-])CC2)c1C. The van der Waals surface area contributed by atoms with E-state index >= 15 is 0 Å². The molecule has 35 heavy (non-hydrogen) atoms. The smallest absolute Gasteiger partial charge is 0.416 e. The summed E-state index contributed by atoms with van der Waals surface area (Å²) in [6.07, 6.45) is -4.70. The molecule has 190 valence electrons. The van der Waals surface area contributed by atoms with Gasteiger partial charge in [-0.25, -0.2) is 4.79 Å². The minimum absolute atomic E-state index is 0.0584. The van der Waals surface area contributed by atoms with Crippen LogP contribution in [0.5, 0.6) is 0 Å². The predicted molar refractivity (Wildman–Crippen MR) is 119 cm³/mol. The number of benzene rings is 1. The van der Waals surface area contributed by atoms with E-state index < -0.39 is 28.3 Å². The highest BCUT2D eigenvalue weighted by Gasteiger charge is 2.35. The highest BCUT2D eigenvalue weighted by Crippen LogP contribution is 2.37. The zero-order chi connectivity index (χ0) is 25.9. The molecular formula is C22H25F3N4O6. The molecule has 0 aliphatic carbocycles. The lowest BCUT2D eigenvalue weighted by Crippen LogP contribution is -2.49. The van der Waals surface area contributed by atoms with Crippen molar-refractivity contribution in [1.82, 2.24) is 9.88 Å². The molecule has 0 unspecified atom stereocenters. The van der Waals surface area contributed by atoms with Crippen molar-refractivity contribution < 1.29 is 37.2 Å². The first-order valence-corrected chi connectivity index (χ1v) is 10.7. The number of carbonyl (C=O) groups is 2. The predicted octanol–water partition coefficient (Wildman–Crippen LogP) is 3.32. The molecule has 2 heterocycles. The lowest BCUT2D eigenvalue weighted by Gasteiger charge is -2.35. The van der Waals surface area contributed by atoms with Crippen molar-refractivity contribution in [2.75, 3.05) is 51.4 Å². The molecule has 1 saturated heterocycles. The van der Waals surface area contributed by atoms with E-state index in [2.05, 4.69) is 4.98 Å². The van der Waals surface area contributed by atoms with Crippen molar-refractivity contribution in [1.29, 1.82) is 0 Å². The number of rotatable bonds is 7. The number of carbonyl (C=O) groups excluding carboxylic acids is 2. The van der Waals surface area contributed by atoms with Gasteiger partial charge in [-0.05, 0) is 31.5 Å². The summed E-state index contributed by atoms with van der Waals surface area (Å²) >= 11 is 0. The maximum absolute atomic E-state index is 13.1. The molecule has 1 aromatic heterocycles. The van der Waals surface area contributed by atoms with Crippen molar-refractivity contribution in [3.05, 3.63) is 56.4 Å². The Morgan fingerprint density at radius 1 is 1.14 bits per heavy atom. The topological polar surface area (TPSA) is 118 Å². The second kappa shape index (κ2) is 10.3. The van der Waals surface area contributed by atoms with Gasteiger partial charge in [0.1, 0.15) is 18.0 Å². The fourth-order valence-electron chi connectivity index (χ4n) is 3.98. The minimum atomic E-state index is -4.70. The Morgan fingerprint density at radius 3 is 2.37 bits per heavy atom. The van der Waals surface area contributed by atoms with Crippen LogP contribution in [-0.2, 0) is 15.7 Å². The van der Waals surface area contributed by atoms with Gasteiger partial charge < -0.3 is 24.3 Å². The Kier molecular flexibility index (Phi) is 7.68. The number of piperazine rings is 1. The number of nitrogens with zero attached hydrogens (tertiary/aromatic N) is 3. The first kappa shape index (κ1) is 26.0. The highest BCUT2D eigenvalue weighted by molar-refractivity contribution is 6.00. The Morgan fingerprint density at radius 2 is 1.80 bits per heavy atom. The molecule has 0 spiro atoms. The molecule has 13 heteroatoms. The van der Waals surface area contributed by atoms with Gasteiger partial charge in [0.15, 0.2) is 0 Å². The number of esters is 1. The van der Waals surface area contributed by atoms with Crippen molar-refractivity contribution in [2.24, 2.45) is 0 Å². The van der Waals surface area contributed by atoms with Crippen LogP contribution >= 0.6 is 0 Å². The number of H-pyrrole nitrogens is 1. The number of alkyl halides is 3. The highest BCUT2D eigenvalue weighted by atomic mass is 19.4. The molecule has 1 N–H and O–H groups in total. The van der Waals surface area contributed by atoms with Crippen LogP contribution < -0.4 is 4.90 Å². The number of hydrogen-bond acceptors (Lipinski definition) is 7. The lowest BCUT2D eigenvalue weighted by atomic mass is 10.1. The average molecular weight is 498 g/mol. The number of anilines is 1. The van der Waals surface area contributed by atoms with Crippen molar-refractivity contribution in [2.45, 2.75) is 20.0 Å². The Labute approximate surface area is 198 Å². The number of nitro benzene ring substituents is 1. The van der Waals surface area contributed by atoms with Gasteiger partial charge in [0.05, 0.1) is 22.7 Å². The zero-order valence-electron chi connectivity index (χ0n) is 19.4. The van der Waals surface area contributed by atoms with E-state index in [0.29, 0.717) is 17.3 Å². The van der Waals surface area contributed by atoms with Gasteiger partial charge in [-0.3, -0.25) is 14.9 Å². The summed E-state index contributed by atoms with van der Waals surface area (Å²) in [7, 11) is 1.48. The van der Waals surface area contributed by atoms with Gasteiger partial charge >= 0.3 is 12.1 Å². The summed E-state index contributed by atoms with van der Waals surface area (Å²) in [6.45, 7) is 4.32. The maximum atomic E-state index is 13.1. The molecule has 3 rings (SSSR count). The third kappa shape index (κ3) is 5.56. The van der Waals surface area contributed by atoms with Crippen molar-refractivity contribution in [3.63, 3.8) is 0 Å². The van der Waals surface area contributed by atoms with E-state index in [1.807, 2.05) is 0 Å². The fraction of sp³-hybridized carbons (Fsp3) is 0.455. The number of halogens is 3. The minimum Gasteiger partial charge on any atom is -0.460 e. The molecule has 1 aliphatic heterocycles.